The summed E-state index contributed by atoms with van der Waals surface area (Å²) in [5.41, 5.74) is 0.746. The van der Waals surface area contributed by atoms with E-state index in [-0.39, 0.29) is 17.3 Å². The van der Waals surface area contributed by atoms with Crippen molar-refractivity contribution >= 4 is 28.9 Å². The summed E-state index contributed by atoms with van der Waals surface area (Å²) in [5.74, 6) is -0.773. The second-order valence-corrected chi connectivity index (χ2v) is 9.31. The minimum absolute atomic E-state index is 0.0439. The molecule has 184 valence electrons. The van der Waals surface area contributed by atoms with Crippen molar-refractivity contribution in [2.45, 2.75) is 37.1 Å². The van der Waals surface area contributed by atoms with E-state index in [1.165, 1.54) is 12.1 Å². The molecule has 1 saturated heterocycles. The first-order valence-corrected chi connectivity index (χ1v) is 11.6. The number of non-ortho nitro benzene ring substituents is 1. The Morgan fingerprint density at radius 2 is 1.83 bits per heavy atom. The Labute approximate surface area is 210 Å². The number of benzene rings is 3. The highest BCUT2D eigenvalue weighted by molar-refractivity contribution is 6.32. The fourth-order valence-corrected chi connectivity index (χ4v) is 5.56. The molecule has 0 radical (unpaired) electrons. The van der Waals surface area contributed by atoms with Crippen LogP contribution in [-0.4, -0.2) is 27.8 Å². The van der Waals surface area contributed by atoms with Gasteiger partial charge < -0.3 is 10.1 Å². The number of amides is 1. The predicted molar refractivity (Wildman–Crippen MR) is 132 cm³/mol. The number of rotatable bonds is 6. The number of carbonyl (C=O) groups excluding carboxylic acids is 1. The van der Waals surface area contributed by atoms with Crippen molar-refractivity contribution in [2.24, 2.45) is 0 Å². The highest BCUT2D eigenvalue weighted by atomic mass is 35.5. The molecule has 2 heterocycles. The lowest BCUT2D eigenvalue weighted by Crippen LogP contribution is -2.54. The summed E-state index contributed by atoms with van der Waals surface area (Å²) >= 11 is 6.49. The zero-order valence-electron chi connectivity index (χ0n) is 19.0. The third kappa shape index (κ3) is 3.75. The molecule has 0 unspecified atom stereocenters. The molecule has 0 saturated carbocycles. The Kier molecular flexibility index (Phi) is 5.85. The van der Waals surface area contributed by atoms with Gasteiger partial charge in [-0.25, -0.2) is 0 Å². The van der Waals surface area contributed by atoms with Crippen molar-refractivity contribution in [3.05, 3.63) is 109 Å². The number of hydrogen-bond acceptors (Lipinski definition) is 7. The highest BCUT2D eigenvalue weighted by Crippen LogP contribution is 2.50. The summed E-state index contributed by atoms with van der Waals surface area (Å²) in [4.78, 5) is 35.7. The van der Waals surface area contributed by atoms with Crippen LogP contribution < -0.4 is 15.4 Å². The van der Waals surface area contributed by atoms with Gasteiger partial charge in [0.25, 0.3) is 17.6 Å². The first-order valence-electron chi connectivity index (χ1n) is 11.2. The Morgan fingerprint density at radius 3 is 2.56 bits per heavy atom. The third-order valence-corrected chi connectivity index (χ3v) is 7.12. The van der Waals surface area contributed by atoms with Gasteiger partial charge in [0.15, 0.2) is 5.54 Å². The molecule has 3 aromatic carbocycles. The number of ether oxygens (including phenoxy) is 1. The molecule has 1 amide bonds. The van der Waals surface area contributed by atoms with E-state index in [2.05, 4.69) is 10.6 Å². The highest BCUT2D eigenvalue weighted by Gasteiger charge is 2.67. The van der Waals surface area contributed by atoms with Gasteiger partial charge in [0.05, 0.1) is 15.9 Å². The zero-order valence-corrected chi connectivity index (χ0v) is 19.8. The Morgan fingerprint density at radius 1 is 1.06 bits per heavy atom. The van der Waals surface area contributed by atoms with Gasteiger partial charge in [-0.3, -0.25) is 30.3 Å². The molecule has 3 aromatic rings. The lowest BCUT2D eigenvalue weighted by molar-refractivity contribution is -0.532. The first-order chi connectivity index (χ1) is 17.2. The summed E-state index contributed by atoms with van der Waals surface area (Å²) in [5, 5.41) is 29.7. The quantitative estimate of drug-likeness (QED) is 0.372. The lowest BCUT2D eigenvalue weighted by Gasteiger charge is -2.25. The van der Waals surface area contributed by atoms with Gasteiger partial charge in [-0.15, -0.1) is 0 Å². The molecule has 2 N–H and O–H groups in total. The van der Waals surface area contributed by atoms with Crippen molar-refractivity contribution < 1.29 is 19.4 Å². The molecule has 1 fully saturated rings. The first kappa shape index (κ1) is 23.7. The Hall–Kier alpha value is -4.02. The van der Waals surface area contributed by atoms with Gasteiger partial charge in [-0.1, -0.05) is 48.0 Å². The molecule has 1 spiro atoms. The van der Waals surface area contributed by atoms with Gasteiger partial charge in [-0.05, 0) is 36.2 Å². The normalized spacial score (nSPS) is 24.4. The van der Waals surface area contributed by atoms with E-state index < -0.39 is 39.3 Å². The number of carbonyl (C=O) groups is 1. The van der Waals surface area contributed by atoms with Crippen LogP contribution in [-0.2, 0) is 16.9 Å². The lowest BCUT2D eigenvalue weighted by atomic mass is 9.78. The van der Waals surface area contributed by atoms with Crippen LogP contribution in [0.1, 0.15) is 29.5 Å². The monoisotopic (exact) mass is 508 g/mol. The third-order valence-electron chi connectivity index (χ3n) is 6.82. The molecular weight excluding hydrogens is 488 g/mol. The predicted octanol–water partition coefficient (Wildman–Crippen LogP) is 4.40. The van der Waals surface area contributed by atoms with Gasteiger partial charge in [0, 0.05) is 34.3 Å². The molecule has 5 rings (SSSR count). The summed E-state index contributed by atoms with van der Waals surface area (Å²) in [6, 6.07) is 16.3. The van der Waals surface area contributed by atoms with E-state index in [9.17, 15) is 25.0 Å². The van der Waals surface area contributed by atoms with E-state index in [4.69, 9.17) is 16.3 Å². The van der Waals surface area contributed by atoms with Crippen LogP contribution in [0.2, 0.25) is 5.02 Å². The molecule has 0 bridgehead atoms. The van der Waals surface area contributed by atoms with Crippen LogP contribution in [0.4, 0.5) is 11.4 Å². The van der Waals surface area contributed by atoms with Gasteiger partial charge in [-0.2, -0.15) is 0 Å². The number of para-hydroxylation sites is 1. The largest absolute Gasteiger partial charge is 0.487 e. The number of anilines is 1. The second-order valence-electron chi connectivity index (χ2n) is 8.90. The number of hydrogen-bond donors (Lipinski definition) is 2. The van der Waals surface area contributed by atoms with Crippen molar-refractivity contribution in [2.75, 3.05) is 5.32 Å². The van der Waals surface area contributed by atoms with Crippen LogP contribution in [0.3, 0.4) is 0 Å². The standard InChI is InChI=1S/C25H21ClN4O6/c1-14-22(23(30(34)35)25(28-14)18-7-2-3-8-20(18)27-24(25)31)16-9-10-21(19(26)12-16)36-13-15-5-4-6-17(11-15)29(32)33/h2-12,14,22-23,28H,13H2,1H3,(H,27,31)/t14-,22+,23-,25-/m0/s1. The maximum Gasteiger partial charge on any atom is 0.269 e. The van der Waals surface area contributed by atoms with E-state index in [1.807, 2.05) is 6.92 Å². The SMILES string of the molecule is C[C@@H]1N[C@]2(C(=O)Nc3ccccc32)[C@@H]([N+](=O)[O-])[C@H]1c1ccc(OCc2cccc([N+](=O)[O-])c2)c(Cl)c1. The summed E-state index contributed by atoms with van der Waals surface area (Å²) < 4.78 is 5.77. The van der Waals surface area contributed by atoms with Crippen LogP contribution in [0.5, 0.6) is 5.75 Å². The molecule has 11 heteroatoms. The molecule has 2 aliphatic heterocycles. The van der Waals surface area contributed by atoms with Gasteiger partial charge in [0.2, 0.25) is 0 Å². The van der Waals surface area contributed by atoms with Crippen LogP contribution >= 0.6 is 11.6 Å². The fraction of sp³-hybridized carbons (Fsp3) is 0.240. The maximum absolute atomic E-state index is 13.1. The van der Waals surface area contributed by atoms with Crippen molar-refractivity contribution in [1.82, 2.24) is 5.32 Å². The summed E-state index contributed by atoms with van der Waals surface area (Å²) in [6.07, 6.45) is 0. The fourth-order valence-electron chi connectivity index (χ4n) is 5.32. The molecular formula is C25H21ClN4O6. The van der Waals surface area contributed by atoms with Gasteiger partial charge >= 0.3 is 0 Å². The smallest absolute Gasteiger partial charge is 0.269 e. The van der Waals surface area contributed by atoms with E-state index in [0.29, 0.717) is 28.1 Å². The van der Waals surface area contributed by atoms with E-state index >= 15 is 0 Å². The molecule has 10 nitrogen and oxygen atoms in total. The maximum atomic E-state index is 13.1. The second kappa shape index (κ2) is 8.89. The molecule has 0 aliphatic carbocycles. The molecule has 36 heavy (non-hydrogen) atoms. The topological polar surface area (TPSA) is 137 Å². The van der Waals surface area contributed by atoms with Crippen molar-refractivity contribution in [1.29, 1.82) is 0 Å². The van der Waals surface area contributed by atoms with Gasteiger partial charge in [0.1, 0.15) is 12.4 Å². The Bertz CT molecular complexity index is 1400. The van der Waals surface area contributed by atoms with E-state index in [1.54, 1.807) is 54.6 Å². The molecule has 4 atom stereocenters. The number of halogens is 1. The van der Waals surface area contributed by atoms with Crippen LogP contribution in [0, 0.1) is 20.2 Å². The molecule has 2 aliphatic rings. The number of fused-ring (bicyclic) bond motifs is 2. The van der Waals surface area contributed by atoms with Crippen molar-refractivity contribution in [3.8, 4) is 5.75 Å². The minimum Gasteiger partial charge on any atom is -0.487 e. The average molecular weight is 509 g/mol. The average Bonchev–Trinajstić information content (AvgIpc) is 3.32. The summed E-state index contributed by atoms with van der Waals surface area (Å²) in [6.45, 7) is 1.87. The Balaban J connectivity index is 1.44. The number of nitrogens with one attached hydrogen (secondary N) is 2. The number of nitrogens with zero attached hydrogens (tertiary/aromatic N) is 2. The zero-order chi connectivity index (χ0) is 25.6. The number of nitro benzene ring substituents is 1. The van der Waals surface area contributed by atoms with Crippen molar-refractivity contribution in [3.63, 3.8) is 0 Å². The number of nitro groups is 2. The minimum atomic E-state index is -1.51. The molecule has 0 aromatic heterocycles. The summed E-state index contributed by atoms with van der Waals surface area (Å²) in [7, 11) is 0. The van der Waals surface area contributed by atoms with Crippen LogP contribution in [0.15, 0.2) is 66.7 Å². The van der Waals surface area contributed by atoms with E-state index in [0.717, 1.165) is 0 Å². The van der Waals surface area contributed by atoms with Crippen LogP contribution in [0.25, 0.3) is 0 Å².